The van der Waals surface area contributed by atoms with Gasteiger partial charge in [0.1, 0.15) is 5.75 Å². The van der Waals surface area contributed by atoms with Crippen molar-refractivity contribution >= 4 is 39.7 Å². The smallest absolute Gasteiger partial charge is 0.311 e. The summed E-state index contributed by atoms with van der Waals surface area (Å²) in [6.07, 6.45) is 1.29. The number of phenols is 1. The van der Waals surface area contributed by atoms with Gasteiger partial charge in [-0.2, -0.15) is 5.10 Å². The Hall–Kier alpha value is -3.49. The van der Waals surface area contributed by atoms with Crippen LogP contribution in [0, 0.1) is 0 Å². The lowest BCUT2D eigenvalue weighted by Crippen LogP contribution is -2.19. The van der Waals surface area contributed by atoms with E-state index in [1.165, 1.54) is 12.3 Å². The summed E-state index contributed by atoms with van der Waals surface area (Å²) in [7, 11) is 0. The minimum atomic E-state index is -0.594. The Morgan fingerprint density at radius 1 is 1.10 bits per heavy atom. The van der Waals surface area contributed by atoms with Gasteiger partial charge >= 0.3 is 5.91 Å². The lowest BCUT2D eigenvalue weighted by atomic mass is 10.2. The van der Waals surface area contributed by atoms with Crippen molar-refractivity contribution in [1.29, 1.82) is 0 Å². The van der Waals surface area contributed by atoms with E-state index < -0.39 is 5.91 Å². The van der Waals surface area contributed by atoms with Crippen molar-refractivity contribution in [2.45, 2.75) is 0 Å². The number of hydrazone groups is 1. The quantitative estimate of drug-likeness (QED) is 0.306. The van der Waals surface area contributed by atoms with Gasteiger partial charge in [0.2, 0.25) is 5.82 Å². The molecule has 0 saturated heterocycles. The lowest BCUT2D eigenvalue weighted by molar-refractivity contribution is 0.0945. The lowest BCUT2D eigenvalue weighted by Gasteiger charge is -2.05. The highest BCUT2D eigenvalue weighted by molar-refractivity contribution is 9.10. The van der Waals surface area contributed by atoms with Gasteiger partial charge in [0.15, 0.2) is 5.82 Å². The number of nitrogens with zero attached hydrogens (tertiary/aromatic N) is 4. The van der Waals surface area contributed by atoms with Crippen LogP contribution in [0.2, 0.25) is 5.02 Å². The molecule has 2 N–H and O–H groups in total. The zero-order valence-electron chi connectivity index (χ0n) is 15.9. The normalized spacial score (nSPS) is 11.0. The van der Waals surface area contributed by atoms with Crippen molar-refractivity contribution < 1.29 is 9.90 Å². The molecule has 0 spiro atoms. The van der Waals surface area contributed by atoms with Crippen LogP contribution in [0.1, 0.15) is 16.2 Å². The van der Waals surface area contributed by atoms with E-state index in [2.05, 4.69) is 36.5 Å². The molecule has 0 aliphatic carbocycles. The molecule has 4 aromatic rings. The number of nitrogens with one attached hydrogen (secondary N) is 1. The summed E-state index contributed by atoms with van der Waals surface area (Å²) in [6.45, 7) is 0. The van der Waals surface area contributed by atoms with E-state index in [1.54, 1.807) is 10.7 Å². The standard InChI is InChI=1S/C22H15BrClN5O2/c23-18-12-16(24)11-15(19(18)30)13-25-27-22(31)20-26-21(14-7-3-1-4-8-14)29(28-20)17-9-5-2-6-10-17/h1-13,30H,(H,27,31)/b25-13-. The van der Waals surface area contributed by atoms with Crippen molar-refractivity contribution in [3.05, 3.63) is 93.7 Å². The van der Waals surface area contributed by atoms with Gasteiger partial charge in [-0.25, -0.2) is 15.1 Å². The number of carbonyl (C=O) groups is 1. The van der Waals surface area contributed by atoms with Crippen LogP contribution in [0.15, 0.2) is 82.4 Å². The third-order valence-corrected chi connectivity index (χ3v) is 5.09. The molecule has 4 rings (SSSR count). The zero-order chi connectivity index (χ0) is 21.8. The highest BCUT2D eigenvalue weighted by atomic mass is 79.9. The number of phenolic OH excluding ortho intramolecular Hbond substituents is 1. The Kier molecular flexibility index (Phi) is 6.11. The second-order valence-electron chi connectivity index (χ2n) is 6.40. The Labute approximate surface area is 191 Å². The molecule has 0 radical (unpaired) electrons. The monoisotopic (exact) mass is 495 g/mol. The Morgan fingerprint density at radius 2 is 1.77 bits per heavy atom. The van der Waals surface area contributed by atoms with Crippen LogP contribution in [-0.2, 0) is 0 Å². The van der Waals surface area contributed by atoms with E-state index in [4.69, 9.17) is 11.6 Å². The molecule has 0 bridgehead atoms. The first-order chi connectivity index (χ1) is 15.0. The van der Waals surface area contributed by atoms with Gasteiger partial charge in [0, 0.05) is 16.1 Å². The molecular formula is C22H15BrClN5O2. The third kappa shape index (κ3) is 4.65. The van der Waals surface area contributed by atoms with Gasteiger partial charge in [0.05, 0.1) is 16.4 Å². The molecule has 0 aliphatic rings. The average molecular weight is 497 g/mol. The first kappa shape index (κ1) is 20.8. The van der Waals surface area contributed by atoms with E-state index in [-0.39, 0.29) is 11.6 Å². The van der Waals surface area contributed by atoms with Crippen LogP contribution >= 0.6 is 27.5 Å². The minimum absolute atomic E-state index is 0.0414. The summed E-state index contributed by atoms with van der Waals surface area (Å²) < 4.78 is 2.02. The molecule has 31 heavy (non-hydrogen) atoms. The number of halogens is 2. The number of aromatic nitrogens is 3. The van der Waals surface area contributed by atoms with Crippen LogP contribution in [-0.4, -0.2) is 32.0 Å². The van der Waals surface area contributed by atoms with E-state index in [9.17, 15) is 9.90 Å². The molecule has 9 heteroatoms. The number of hydrogen-bond acceptors (Lipinski definition) is 5. The maximum Gasteiger partial charge on any atom is 0.311 e. The van der Waals surface area contributed by atoms with Gasteiger partial charge < -0.3 is 5.11 Å². The summed E-state index contributed by atoms with van der Waals surface area (Å²) in [5.74, 6) is -0.155. The van der Waals surface area contributed by atoms with Crippen LogP contribution in [0.4, 0.5) is 0 Å². The molecule has 1 aromatic heterocycles. The van der Waals surface area contributed by atoms with Crippen molar-refractivity contribution in [1.82, 2.24) is 20.2 Å². The number of carbonyl (C=O) groups excluding carboxylic acids is 1. The number of para-hydroxylation sites is 1. The van der Waals surface area contributed by atoms with Gasteiger partial charge in [-0.1, -0.05) is 60.1 Å². The Bertz CT molecular complexity index is 1200. The highest BCUT2D eigenvalue weighted by Crippen LogP contribution is 2.30. The fourth-order valence-electron chi connectivity index (χ4n) is 2.83. The van der Waals surface area contributed by atoms with E-state index >= 15 is 0 Å². The number of hydrogen-bond donors (Lipinski definition) is 2. The van der Waals surface area contributed by atoms with E-state index in [0.29, 0.717) is 20.9 Å². The molecule has 0 atom stereocenters. The second-order valence-corrected chi connectivity index (χ2v) is 7.69. The number of benzene rings is 3. The molecule has 0 saturated carbocycles. The fourth-order valence-corrected chi connectivity index (χ4v) is 3.66. The van der Waals surface area contributed by atoms with E-state index in [0.717, 1.165) is 11.3 Å². The minimum Gasteiger partial charge on any atom is -0.506 e. The zero-order valence-corrected chi connectivity index (χ0v) is 18.2. The molecule has 1 heterocycles. The highest BCUT2D eigenvalue weighted by Gasteiger charge is 2.18. The summed E-state index contributed by atoms with van der Waals surface area (Å²) >= 11 is 9.19. The molecule has 7 nitrogen and oxygen atoms in total. The summed E-state index contributed by atoms with van der Waals surface area (Å²) in [4.78, 5) is 17.0. The summed E-state index contributed by atoms with van der Waals surface area (Å²) in [5, 5.41) is 18.7. The maximum atomic E-state index is 12.6. The topological polar surface area (TPSA) is 92.4 Å². The number of aromatic hydroxyl groups is 1. The molecule has 0 unspecified atom stereocenters. The van der Waals surface area contributed by atoms with Crippen LogP contribution in [0.25, 0.3) is 17.1 Å². The van der Waals surface area contributed by atoms with Crippen molar-refractivity contribution in [2.75, 3.05) is 0 Å². The van der Waals surface area contributed by atoms with E-state index in [1.807, 2.05) is 60.7 Å². The predicted octanol–water partition coefficient (Wildman–Crippen LogP) is 4.82. The fraction of sp³-hybridized carbons (Fsp3) is 0. The molecule has 3 aromatic carbocycles. The number of amides is 1. The van der Waals surface area contributed by atoms with Gasteiger partial charge in [-0.3, -0.25) is 4.79 Å². The maximum absolute atomic E-state index is 12.6. The largest absolute Gasteiger partial charge is 0.506 e. The molecular weight excluding hydrogens is 482 g/mol. The van der Waals surface area contributed by atoms with Gasteiger partial charge in [0.25, 0.3) is 0 Å². The SMILES string of the molecule is O=C(N/N=C\c1cc(Cl)cc(Br)c1O)c1nc(-c2ccccc2)n(-c2ccccc2)n1. The van der Waals surface area contributed by atoms with Crippen LogP contribution in [0.3, 0.4) is 0 Å². The first-order valence-electron chi connectivity index (χ1n) is 9.12. The van der Waals surface area contributed by atoms with Crippen LogP contribution < -0.4 is 5.43 Å². The van der Waals surface area contributed by atoms with Crippen LogP contribution in [0.5, 0.6) is 5.75 Å². The molecule has 0 fully saturated rings. The van der Waals surface area contributed by atoms with Crippen molar-refractivity contribution in [3.63, 3.8) is 0 Å². The van der Waals surface area contributed by atoms with Crippen molar-refractivity contribution in [3.8, 4) is 22.8 Å². The van der Waals surface area contributed by atoms with Crippen molar-refractivity contribution in [2.24, 2.45) is 5.10 Å². The van der Waals surface area contributed by atoms with Gasteiger partial charge in [-0.15, -0.1) is 5.10 Å². The third-order valence-electron chi connectivity index (χ3n) is 4.27. The Morgan fingerprint density at radius 3 is 2.48 bits per heavy atom. The predicted molar refractivity (Wildman–Crippen MR) is 123 cm³/mol. The molecule has 154 valence electrons. The average Bonchev–Trinajstić information content (AvgIpc) is 3.24. The summed E-state index contributed by atoms with van der Waals surface area (Å²) in [5.41, 5.74) is 4.30. The second kappa shape index (κ2) is 9.11. The molecule has 0 aliphatic heterocycles. The van der Waals surface area contributed by atoms with Gasteiger partial charge in [-0.05, 0) is 40.2 Å². The molecule has 1 amide bonds. The Balaban J connectivity index is 1.63. The first-order valence-corrected chi connectivity index (χ1v) is 10.3. The number of rotatable bonds is 5. The summed E-state index contributed by atoms with van der Waals surface area (Å²) in [6, 6.07) is 21.9.